The van der Waals surface area contributed by atoms with Crippen molar-refractivity contribution >= 4 is 33.2 Å². The summed E-state index contributed by atoms with van der Waals surface area (Å²) in [4.78, 5) is 38.8. The molecule has 0 atom stereocenters. The van der Waals surface area contributed by atoms with Gasteiger partial charge in [0.15, 0.2) is 17.3 Å². The number of imide groups is 1. The van der Waals surface area contributed by atoms with Gasteiger partial charge >= 0.3 is 0 Å². The Kier molecular flexibility index (Phi) is 6.53. The second kappa shape index (κ2) is 10.1. The number of sulfone groups is 1. The van der Waals surface area contributed by atoms with Crippen LogP contribution in [-0.2, 0) is 9.84 Å². The molecular formula is C29H28N4O6S. The van der Waals surface area contributed by atoms with E-state index in [9.17, 15) is 18.0 Å². The highest BCUT2D eigenvalue weighted by Gasteiger charge is 2.51. The first-order valence-electron chi connectivity index (χ1n) is 13.2. The number of amides is 2. The van der Waals surface area contributed by atoms with Crippen molar-refractivity contribution in [3.8, 4) is 11.5 Å². The maximum atomic E-state index is 14.5. The van der Waals surface area contributed by atoms with Crippen LogP contribution in [0.3, 0.4) is 0 Å². The number of nitrogens with zero attached hydrogens (tertiary/aromatic N) is 4. The summed E-state index contributed by atoms with van der Waals surface area (Å²) in [5.74, 6) is -0.235. The molecular weight excluding hydrogens is 532 g/mol. The van der Waals surface area contributed by atoms with Gasteiger partial charge in [0, 0.05) is 25.4 Å². The number of hydrogen-bond acceptors (Lipinski definition) is 8. The van der Waals surface area contributed by atoms with Crippen molar-refractivity contribution in [1.29, 1.82) is 0 Å². The van der Waals surface area contributed by atoms with E-state index in [2.05, 4.69) is 16.6 Å². The van der Waals surface area contributed by atoms with Crippen molar-refractivity contribution in [1.82, 2.24) is 9.80 Å². The van der Waals surface area contributed by atoms with Gasteiger partial charge in [-0.2, -0.15) is 0 Å². The molecule has 40 heavy (non-hydrogen) atoms. The van der Waals surface area contributed by atoms with Crippen LogP contribution in [0.2, 0.25) is 0 Å². The van der Waals surface area contributed by atoms with Gasteiger partial charge in [-0.1, -0.05) is 38.0 Å². The Bertz CT molecular complexity index is 1600. The lowest BCUT2D eigenvalue weighted by Gasteiger charge is -2.36. The van der Waals surface area contributed by atoms with Crippen LogP contribution in [0.15, 0.2) is 80.8 Å². The molecule has 0 radical (unpaired) electrons. The van der Waals surface area contributed by atoms with Crippen LogP contribution in [-0.4, -0.2) is 67.9 Å². The lowest BCUT2D eigenvalue weighted by atomic mass is 9.94. The monoisotopic (exact) mass is 560 g/mol. The minimum Gasteiger partial charge on any atom is -0.486 e. The second-order valence-corrected chi connectivity index (χ2v) is 11.7. The van der Waals surface area contributed by atoms with Crippen LogP contribution in [0.1, 0.15) is 52.8 Å². The molecule has 206 valence electrons. The molecule has 0 N–H and O–H groups in total. The lowest BCUT2D eigenvalue weighted by Crippen LogP contribution is -2.45. The van der Waals surface area contributed by atoms with E-state index in [0.717, 1.165) is 37.0 Å². The van der Waals surface area contributed by atoms with Crippen LogP contribution in [0, 0.1) is 0 Å². The van der Waals surface area contributed by atoms with Gasteiger partial charge in [0.05, 0.1) is 16.0 Å². The number of aliphatic imine (C=N–C) groups is 2. The summed E-state index contributed by atoms with van der Waals surface area (Å²) in [6, 6.07) is 10.7. The number of rotatable bonds is 5. The van der Waals surface area contributed by atoms with Gasteiger partial charge in [-0.15, -0.1) is 0 Å². The molecule has 2 aromatic rings. The summed E-state index contributed by atoms with van der Waals surface area (Å²) < 4.78 is 40.3. The third-order valence-corrected chi connectivity index (χ3v) is 9.34. The summed E-state index contributed by atoms with van der Waals surface area (Å²) in [5, 5.41) is 0. The number of benzene rings is 2. The average molecular weight is 561 g/mol. The van der Waals surface area contributed by atoms with Crippen molar-refractivity contribution < 1.29 is 27.5 Å². The van der Waals surface area contributed by atoms with Gasteiger partial charge in [-0.3, -0.25) is 19.6 Å². The van der Waals surface area contributed by atoms with Gasteiger partial charge in [-0.25, -0.2) is 13.3 Å². The summed E-state index contributed by atoms with van der Waals surface area (Å²) in [5.41, 5.74) is 0.456. The third kappa shape index (κ3) is 3.95. The van der Waals surface area contributed by atoms with E-state index < -0.39 is 21.7 Å². The van der Waals surface area contributed by atoms with Crippen molar-refractivity contribution in [2.45, 2.75) is 43.0 Å². The zero-order chi connectivity index (χ0) is 28.0. The highest BCUT2D eigenvalue weighted by molar-refractivity contribution is 7.96. The van der Waals surface area contributed by atoms with Gasteiger partial charge in [-0.05, 0) is 37.1 Å². The summed E-state index contributed by atoms with van der Waals surface area (Å²) in [6.45, 7) is 4.34. The Balaban J connectivity index is 1.63. The molecule has 0 saturated heterocycles. The Hall–Kier alpha value is -4.25. The second-order valence-electron chi connectivity index (χ2n) is 9.82. The first-order chi connectivity index (χ1) is 19.4. The molecule has 0 bridgehead atoms. The van der Waals surface area contributed by atoms with Crippen LogP contribution in [0.4, 0.5) is 0 Å². The minimum atomic E-state index is -4.38. The largest absolute Gasteiger partial charge is 0.486 e. The Morgan fingerprint density at radius 2 is 1.60 bits per heavy atom. The van der Waals surface area contributed by atoms with E-state index in [0.29, 0.717) is 18.1 Å². The van der Waals surface area contributed by atoms with Crippen molar-refractivity contribution in [3.63, 3.8) is 0 Å². The molecule has 2 amide bonds. The number of carbonyl (C=O) groups excluding carboxylic acids is 2. The van der Waals surface area contributed by atoms with E-state index in [-0.39, 0.29) is 50.9 Å². The molecule has 2 aromatic carbocycles. The topological polar surface area (TPSA) is 118 Å². The van der Waals surface area contributed by atoms with E-state index in [1.165, 1.54) is 24.4 Å². The molecule has 0 spiro atoms. The Morgan fingerprint density at radius 1 is 0.950 bits per heavy atom. The first kappa shape index (κ1) is 26.0. The van der Waals surface area contributed by atoms with E-state index >= 15 is 0 Å². The maximum Gasteiger partial charge on any atom is 0.267 e. The molecule has 6 rings (SSSR count). The van der Waals surface area contributed by atoms with E-state index in [1.54, 1.807) is 36.2 Å². The number of hydrogen-bond donors (Lipinski definition) is 0. The molecule has 11 heteroatoms. The fraction of sp³-hybridized carbons (Fsp3) is 0.310. The van der Waals surface area contributed by atoms with Gasteiger partial charge in [0.1, 0.15) is 29.7 Å². The highest BCUT2D eigenvalue weighted by atomic mass is 32.2. The summed E-state index contributed by atoms with van der Waals surface area (Å²) in [6.07, 6.45) is 5.61. The molecule has 3 heterocycles. The van der Waals surface area contributed by atoms with Crippen LogP contribution in [0.25, 0.3) is 0 Å². The van der Waals surface area contributed by atoms with Crippen molar-refractivity contribution in [2.24, 2.45) is 9.98 Å². The molecule has 4 aliphatic rings. The average Bonchev–Trinajstić information content (AvgIpc) is 3.44. The summed E-state index contributed by atoms with van der Waals surface area (Å²) in [7, 11) is -2.84. The van der Waals surface area contributed by atoms with Crippen molar-refractivity contribution in [2.75, 3.05) is 20.3 Å². The lowest BCUT2D eigenvalue weighted by molar-refractivity contribution is 0.0658. The Labute approximate surface area is 232 Å². The quantitative estimate of drug-likeness (QED) is 0.508. The van der Waals surface area contributed by atoms with Gasteiger partial charge in [0.25, 0.3) is 11.8 Å². The normalized spacial score (nSPS) is 21.5. The molecule has 1 fully saturated rings. The van der Waals surface area contributed by atoms with Crippen LogP contribution < -0.4 is 9.47 Å². The zero-order valence-electron chi connectivity index (χ0n) is 22.0. The number of amidine groups is 1. The molecule has 10 nitrogen and oxygen atoms in total. The van der Waals surface area contributed by atoms with Gasteiger partial charge in [0.2, 0.25) is 9.84 Å². The highest BCUT2D eigenvalue weighted by Crippen LogP contribution is 2.42. The van der Waals surface area contributed by atoms with Crippen molar-refractivity contribution in [3.05, 3.63) is 77.1 Å². The fourth-order valence-corrected chi connectivity index (χ4v) is 7.36. The number of carbonyl (C=O) groups is 2. The third-order valence-electron chi connectivity index (χ3n) is 7.56. The number of fused-ring (bicyclic) bond motifs is 2. The number of ether oxygens (including phenoxy) is 2. The van der Waals surface area contributed by atoms with Crippen LogP contribution >= 0.6 is 0 Å². The SMILES string of the molecule is C=CN=C1C(=NC)N(C2CCCCC2)C(N2C(=O)c3ccccc3C2=O)=C1S(=O)(=O)c1ccc2c(c1)OCCO2. The molecule has 3 aliphatic heterocycles. The Morgan fingerprint density at radius 3 is 2.23 bits per heavy atom. The summed E-state index contributed by atoms with van der Waals surface area (Å²) >= 11 is 0. The maximum absolute atomic E-state index is 14.5. The predicted octanol–water partition coefficient (Wildman–Crippen LogP) is 3.96. The van der Waals surface area contributed by atoms with E-state index in [1.807, 2.05) is 0 Å². The molecule has 1 aliphatic carbocycles. The molecule has 0 aromatic heterocycles. The van der Waals surface area contributed by atoms with E-state index in [4.69, 9.17) is 9.47 Å². The fourth-order valence-electron chi connectivity index (χ4n) is 5.78. The standard InChI is InChI=1S/C29H28N4O6S/c1-3-31-24-25(40(36,37)19-13-14-22-23(17-19)39-16-15-38-22)27(32(26(24)30-2)18-9-5-4-6-10-18)33-28(34)20-11-7-8-12-21(20)29(33)35/h3,7-8,11-14,17-18H,1,4-6,9-10,15-16H2,2H3. The van der Waals surface area contributed by atoms with Gasteiger partial charge < -0.3 is 14.4 Å². The first-order valence-corrected chi connectivity index (χ1v) is 14.7. The zero-order valence-corrected chi connectivity index (χ0v) is 22.8. The predicted molar refractivity (Wildman–Crippen MR) is 148 cm³/mol. The molecule has 0 unspecified atom stereocenters. The molecule has 1 saturated carbocycles. The smallest absolute Gasteiger partial charge is 0.267 e. The minimum absolute atomic E-state index is 0.0320. The van der Waals surface area contributed by atoms with Crippen LogP contribution in [0.5, 0.6) is 11.5 Å².